The van der Waals surface area contributed by atoms with Crippen molar-refractivity contribution in [1.29, 1.82) is 0 Å². The third-order valence-corrected chi connectivity index (χ3v) is 3.41. The Labute approximate surface area is 118 Å². The van der Waals surface area contributed by atoms with Crippen LogP contribution in [0.3, 0.4) is 0 Å². The maximum absolute atomic E-state index is 12.9. The lowest BCUT2D eigenvalue weighted by Gasteiger charge is -2.33. The first-order valence-electron chi connectivity index (χ1n) is 6.50. The smallest absolute Gasteiger partial charge is 0.123 e. The zero-order valence-corrected chi connectivity index (χ0v) is 11.5. The molecule has 0 bridgehead atoms. The average molecular weight is 274 g/mol. The number of hydrogen-bond donors (Lipinski definition) is 2. The summed E-state index contributed by atoms with van der Waals surface area (Å²) in [7, 11) is 1.84. The third-order valence-electron chi connectivity index (χ3n) is 3.41. The number of benzene rings is 2. The van der Waals surface area contributed by atoms with E-state index in [9.17, 15) is 9.50 Å². The van der Waals surface area contributed by atoms with Gasteiger partial charge in [0.1, 0.15) is 11.4 Å². The molecule has 0 saturated carbocycles. The highest BCUT2D eigenvalue weighted by molar-refractivity contribution is 5.46. The molecule has 2 rings (SSSR count). The van der Waals surface area contributed by atoms with Crippen molar-refractivity contribution < 1.29 is 9.50 Å². The summed E-state index contributed by atoms with van der Waals surface area (Å²) in [4.78, 5) is 1.86. The molecule has 0 saturated heterocycles. The van der Waals surface area contributed by atoms with Gasteiger partial charge in [-0.05, 0) is 29.8 Å². The van der Waals surface area contributed by atoms with Crippen LogP contribution in [0.25, 0.3) is 0 Å². The first-order valence-corrected chi connectivity index (χ1v) is 6.50. The van der Waals surface area contributed by atoms with Gasteiger partial charge < -0.3 is 15.7 Å². The lowest BCUT2D eigenvalue weighted by Crippen LogP contribution is -2.45. The highest BCUT2D eigenvalue weighted by atomic mass is 19.1. The molecule has 0 aliphatic heterocycles. The minimum atomic E-state index is -1.13. The van der Waals surface area contributed by atoms with E-state index in [-0.39, 0.29) is 12.4 Å². The number of likely N-dealkylation sites (N-methyl/N-ethyl adjacent to an activating group) is 1. The molecule has 0 heterocycles. The van der Waals surface area contributed by atoms with E-state index in [2.05, 4.69) is 0 Å². The van der Waals surface area contributed by atoms with Crippen molar-refractivity contribution in [2.75, 3.05) is 25.0 Å². The van der Waals surface area contributed by atoms with E-state index in [1.165, 1.54) is 12.1 Å². The Balaban J connectivity index is 2.19. The Hall–Kier alpha value is -1.91. The molecule has 3 N–H and O–H groups in total. The largest absolute Gasteiger partial charge is 0.382 e. The van der Waals surface area contributed by atoms with Crippen LogP contribution in [0.2, 0.25) is 0 Å². The molecule has 0 amide bonds. The van der Waals surface area contributed by atoms with E-state index in [1.807, 2.05) is 42.3 Å². The average Bonchev–Trinajstić information content (AvgIpc) is 2.48. The van der Waals surface area contributed by atoms with Gasteiger partial charge in [0, 0.05) is 19.3 Å². The molecule has 20 heavy (non-hydrogen) atoms. The van der Waals surface area contributed by atoms with Gasteiger partial charge in [-0.2, -0.15) is 0 Å². The van der Waals surface area contributed by atoms with Crippen molar-refractivity contribution in [3.63, 3.8) is 0 Å². The number of rotatable bonds is 5. The standard InChI is InChI=1S/C16H19FN2O/c1-19(15-9-7-14(17)8-10-15)12-16(20,11-18)13-5-3-2-4-6-13/h2-10,20H,11-12,18H2,1H3. The van der Waals surface area contributed by atoms with E-state index in [0.717, 1.165) is 11.3 Å². The summed E-state index contributed by atoms with van der Waals surface area (Å²) in [5.74, 6) is -0.278. The van der Waals surface area contributed by atoms with E-state index >= 15 is 0 Å². The van der Waals surface area contributed by atoms with Crippen molar-refractivity contribution in [3.05, 3.63) is 66.0 Å². The minimum Gasteiger partial charge on any atom is -0.382 e. The predicted octanol–water partition coefficient (Wildman–Crippen LogP) is 2.11. The topological polar surface area (TPSA) is 49.5 Å². The van der Waals surface area contributed by atoms with Gasteiger partial charge in [-0.1, -0.05) is 30.3 Å². The highest BCUT2D eigenvalue weighted by Crippen LogP contribution is 2.23. The highest BCUT2D eigenvalue weighted by Gasteiger charge is 2.29. The van der Waals surface area contributed by atoms with E-state index in [4.69, 9.17) is 5.73 Å². The molecule has 2 aromatic rings. The van der Waals surface area contributed by atoms with Crippen molar-refractivity contribution >= 4 is 5.69 Å². The number of nitrogens with zero attached hydrogens (tertiary/aromatic N) is 1. The van der Waals surface area contributed by atoms with Crippen LogP contribution in [0.15, 0.2) is 54.6 Å². The molecule has 0 radical (unpaired) electrons. The second-order valence-corrected chi connectivity index (χ2v) is 4.93. The zero-order chi connectivity index (χ0) is 14.6. The molecule has 1 atom stereocenters. The van der Waals surface area contributed by atoms with E-state index in [1.54, 1.807) is 12.1 Å². The maximum Gasteiger partial charge on any atom is 0.123 e. The minimum absolute atomic E-state index is 0.114. The van der Waals surface area contributed by atoms with Crippen LogP contribution in [-0.4, -0.2) is 25.2 Å². The number of anilines is 1. The van der Waals surface area contributed by atoms with Crippen molar-refractivity contribution in [1.82, 2.24) is 0 Å². The molecule has 1 unspecified atom stereocenters. The molecule has 0 aliphatic carbocycles. The Morgan fingerprint density at radius 2 is 1.70 bits per heavy atom. The zero-order valence-electron chi connectivity index (χ0n) is 11.5. The van der Waals surface area contributed by atoms with Gasteiger partial charge in [0.2, 0.25) is 0 Å². The van der Waals surface area contributed by atoms with Crippen LogP contribution < -0.4 is 10.6 Å². The first kappa shape index (κ1) is 14.5. The van der Waals surface area contributed by atoms with Crippen molar-refractivity contribution in [2.45, 2.75) is 5.60 Å². The van der Waals surface area contributed by atoms with Gasteiger partial charge in [-0.25, -0.2) is 4.39 Å². The molecule has 3 nitrogen and oxygen atoms in total. The Bertz CT molecular complexity index is 544. The second-order valence-electron chi connectivity index (χ2n) is 4.93. The Kier molecular flexibility index (Phi) is 4.37. The molecule has 0 aliphatic rings. The monoisotopic (exact) mass is 274 g/mol. The summed E-state index contributed by atoms with van der Waals surface area (Å²) in [6.07, 6.45) is 0. The van der Waals surface area contributed by atoms with Gasteiger partial charge in [0.15, 0.2) is 0 Å². The summed E-state index contributed by atoms with van der Waals surface area (Å²) in [6, 6.07) is 15.5. The summed E-state index contributed by atoms with van der Waals surface area (Å²) < 4.78 is 12.9. The number of halogens is 1. The maximum atomic E-state index is 12.9. The van der Waals surface area contributed by atoms with Crippen molar-refractivity contribution in [2.24, 2.45) is 5.73 Å². The number of nitrogens with two attached hydrogens (primary N) is 1. The summed E-state index contributed by atoms with van der Waals surface area (Å²) in [5, 5.41) is 10.7. The Morgan fingerprint density at radius 3 is 2.25 bits per heavy atom. The number of hydrogen-bond acceptors (Lipinski definition) is 3. The van der Waals surface area contributed by atoms with Crippen molar-refractivity contribution in [3.8, 4) is 0 Å². The quantitative estimate of drug-likeness (QED) is 0.878. The molecule has 0 fully saturated rings. The van der Waals surface area contributed by atoms with Crippen LogP contribution in [0.4, 0.5) is 10.1 Å². The van der Waals surface area contributed by atoms with Crippen LogP contribution in [-0.2, 0) is 5.60 Å². The van der Waals surface area contributed by atoms with Crippen LogP contribution in [0.1, 0.15) is 5.56 Å². The molecule has 4 heteroatoms. The van der Waals surface area contributed by atoms with Crippen LogP contribution in [0.5, 0.6) is 0 Å². The van der Waals surface area contributed by atoms with Crippen LogP contribution in [0, 0.1) is 5.82 Å². The fourth-order valence-electron chi connectivity index (χ4n) is 2.20. The van der Waals surface area contributed by atoms with E-state index in [0.29, 0.717) is 6.54 Å². The summed E-state index contributed by atoms with van der Waals surface area (Å²) >= 11 is 0. The van der Waals surface area contributed by atoms with Gasteiger partial charge in [-0.15, -0.1) is 0 Å². The molecule has 0 aromatic heterocycles. The molecular formula is C16H19FN2O. The molecule has 106 valence electrons. The fourth-order valence-corrected chi connectivity index (χ4v) is 2.20. The van der Waals surface area contributed by atoms with Gasteiger partial charge in [0.25, 0.3) is 0 Å². The number of aliphatic hydroxyl groups is 1. The lowest BCUT2D eigenvalue weighted by atomic mass is 9.93. The predicted molar refractivity (Wildman–Crippen MR) is 79.1 cm³/mol. The van der Waals surface area contributed by atoms with E-state index < -0.39 is 5.60 Å². The Morgan fingerprint density at radius 1 is 1.10 bits per heavy atom. The van der Waals surface area contributed by atoms with Gasteiger partial charge >= 0.3 is 0 Å². The van der Waals surface area contributed by atoms with Crippen LogP contribution >= 0.6 is 0 Å². The normalized spacial score (nSPS) is 13.8. The second kappa shape index (κ2) is 6.03. The fraction of sp³-hybridized carbons (Fsp3) is 0.250. The lowest BCUT2D eigenvalue weighted by molar-refractivity contribution is 0.0543. The molecule has 0 spiro atoms. The molecular weight excluding hydrogens is 255 g/mol. The summed E-state index contributed by atoms with van der Waals surface area (Å²) in [5.41, 5.74) is 6.22. The SMILES string of the molecule is CN(CC(O)(CN)c1ccccc1)c1ccc(F)cc1. The molecule has 2 aromatic carbocycles. The summed E-state index contributed by atoms with van der Waals surface area (Å²) in [6.45, 7) is 0.446. The first-order chi connectivity index (χ1) is 9.55. The van der Waals surface area contributed by atoms with Gasteiger partial charge in [0.05, 0.1) is 6.54 Å². The van der Waals surface area contributed by atoms with Gasteiger partial charge in [-0.3, -0.25) is 0 Å². The third kappa shape index (κ3) is 3.15.